The van der Waals surface area contributed by atoms with Crippen LogP contribution >= 0.6 is 0 Å². The number of aryl methyl sites for hydroxylation is 1. The van der Waals surface area contributed by atoms with E-state index in [-0.39, 0.29) is 11.3 Å². The third-order valence-corrected chi connectivity index (χ3v) is 3.25. The van der Waals surface area contributed by atoms with Crippen LogP contribution < -0.4 is 22.5 Å². The molecular weight excluding hydrogens is 264 g/mol. The molecule has 0 atom stereocenters. The van der Waals surface area contributed by atoms with E-state index in [1.165, 1.54) is 49.6 Å². The van der Waals surface area contributed by atoms with Gasteiger partial charge in [-0.15, -0.1) is 0 Å². The smallest absolute Gasteiger partial charge is 0.303 e. The first kappa shape index (κ1) is 13.8. The van der Waals surface area contributed by atoms with E-state index in [1.54, 1.807) is 0 Å². The average molecular weight is 278 g/mol. The van der Waals surface area contributed by atoms with Crippen molar-refractivity contribution < 1.29 is 0 Å². The number of aromatic nitrogens is 4. The van der Waals surface area contributed by atoms with Crippen molar-refractivity contribution in [2.45, 2.75) is 0 Å². The molecule has 0 aliphatic carbocycles. The monoisotopic (exact) mass is 278 g/mol. The Morgan fingerprint density at radius 2 is 1.40 bits per heavy atom. The molecule has 0 N–H and O–H groups in total. The van der Waals surface area contributed by atoms with Crippen molar-refractivity contribution in [2.24, 2.45) is 28.2 Å². The van der Waals surface area contributed by atoms with Crippen molar-refractivity contribution in [3.8, 4) is 11.3 Å². The Morgan fingerprint density at radius 1 is 0.800 bits per heavy atom. The van der Waals surface area contributed by atoms with Crippen LogP contribution in [0.4, 0.5) is 0 Å². The fourth-order valence-electron chi connectivity index (χ4n) is 1.98. The standard InChI is InChI=1S/C12H14N4O4/c1-13-6-7(10(18)16(4)11(13)19)8-5-9(17)15(3)12(20)14(8)2/h5-6H,1-4H3. The van der Waals surface area contributed by atoms with Gasteiger partial charge in [0.1, 0.15) is 0 Å². The van der Waals surface area contributed by atoms with Gasteiger partial charge in [-0.1, -0.05) is 0 Å². The summed E-state index contributed by atoms with van der Waals surface area (Å²) >= 11 is 0. The molecule has 0 aliphatic heterocycles. The fourth-order valence-corrected chi connectivity index (χ4v) is 1.98. The third kappa shape index (κ3) is 1.85. The molecule has 0 amide bonds. The number of hydrogen-bond donors (Lipinski definition) is 0. The highest BCUT2D eigenvalue weighted by atomic mass is 16.2. The molecule has 0 spiro atoms. The van der Waals surface area contributed by atoms with E-state index in [2.05, 4.69) is 0 Å². The third-order valence-electron chi connectivity index (χ3n) is 3.25. The van der Waals surface area contributed by atoms with Gasteiger partial charge >= 0.3 is 11.4 Å². The van der Waals surface area contributed by atoms with Gasteiger partial charge in [0.2, 0.25) is 0 Å². The molecule has 8 heteroatoms. The van der Waals surface area contributed by atoms with E-state index in [0.717, 1.165) is 9.13 Å². The quantitative estimate of drug-likeness (QED) is 0.612. The van der Waals surface area contributed by atoms with Crippen LogP contribution in [0, 0.1) is 0 Å². The normalized spacial score (nSPS) is 10.8. The number of hydrogen-bond acceptors (Lipinski definition) is 4. The molecule has 0 aromatic carbocycles. The molecule has 2 rings (SSSR count). The van der Waals surface area contributed by atoms with Crippen LogP contribution in [0.15, 0.2) is 31.4 Å². The van der Waals surface area contributed by atoms with Crippen LogP contribution in [-0.2, 0) is 28.2 Å². The first-order chi connectivity index (χ1) is 9.25. The minimum absolute atomic E-state index is 0.118. The molecule has 106 valence electrons. The molecule has 0 bridgehead atoms. The Labute approximate surface area is 112 Å². The maximum atomic E-state index is 12.1. The number of rotatable bonds is 1. The maximum Gasteiger partial charge on any atom is 0.330 e. The summed E-state index contributed by atoms with van der Waals surface area (Å²) in [6.07, 6.45) is 1.32. The summed E-state index contributed by atoms with van der Waals surface area (Å²) in [5, 5.41) is 0. The molecular formula is C12H14N4O4. The average Bonchev–Trinajstić information content (AvgIpc) is 2.42. The minimum Gasteiger partial charge on any atom is -0.303 e. The lowest BCUT2D eigenvalue weighted by Gasteiger charge is -2.11. The van der Waals surface area contributed by atoms with Gasteiger partial charge in [0.15, 0.2) is 0 Å². The molecule has 0 unspecified atom stereocenters. The van der Waals surface area contributed by atoms with Crippen LogP contribution in [0.5, 0.6) is 0 Å². The summed E-state index contributed by atoms with van der Waals surface area (Å²) in [6, 6.07) is 1.20. The van der Waals surface area contributed by atoms with E-state index in [0.29, 0.717) is 0 Å². The van der Waals surface area contributed by atoms with Gasteiger partial charge in [-0.05, 0) is 0 Å². The summed E-state index contributed by atoms with van der Waals surface area (Å²) in [4.78, 5) is 47.4. The lowest BCUT2D eigenvalue weighted by molar-refractivity contribution is 0.671. The summed E-state index contributed by atoms with van der Waals surface area (Å²) in [5.74, 6) is 0. The Kier molecular flexibility index (Phi) is 3.09. The molecule has 0 saturated carbocycles. The Bertz CT molecular complexity index is 926. The van der Waals surface area contributed by atoms with E-state index < -0.39 is 22.5 Å². The Hall–Kier alpha value is -2.64. The lowest BCUT2D eigenvalue weighted by atomic mass is 10.2. The second-order valence-electron chi connectivity index (χ2n) is 4.57. The molecule has 2 aromatic rings. The van der Waals surface area contributed by atoms with E-state index in [1.807, 2.05) is 0 Å². The minimum atomic E-state index is -0.559. The van der Waals surface area contributed by atoms with Crippen molar-refractivity contribution >= 4 is 0 Å². The maximum absolute atomic E-state index is 12.1. The van der Waals surface area contributed by atoms with Crippen LogP contribution in [-0.4, -0.2) is 18.3 Å². The van der Waals surface area contributed by atoms with Crippen molar-refractivity contribution in [2.75, 3.05) is 0 Å². The van der Waals surface area contributed by atoms with Gasteiger partial charge < -0.3 is 4.57 Å². The lowest BCUT2D eigenvalue weighted by Crippen LogP contribution is -2.40. The van der Waals surface area contributed by atoms with E-state index in [4.69, 9.17) is 0 Å². The van der Waals surface area contributed by atoms with Gasteiger partial charge in [0.05, 0.1) is 11.3 Å². The van der Waals surface area contributed by atoms with E-state index >= 15 is 0 Å². The van der Waals surface area contributed by atoms with Crippen LogP contribution in [0.1, 0.15) is 0 Å². The van der Waals surface area contributed by atoms with Crippen LogP contribution in [0.3, 0.4) is 0 Å². The van der Waals surface area contributed by atoms with Gasteiger partial charge in [-0.3, -0.25) is 23.3 Å². The zero-order chi connectivity index (χ0) is 15.2. The first-order valence-electron chi connectivity index (χ1n) is 5.79. The summed E-state index contributed by atoms with van der Waals surface area (Å²) in [7, 11) is 5.65. The van der Waals surface area contributed by atoms with Gasteiger partial charge in [-0.2, -0.15) is 0 Å². The summed E-state index contributed by atoms with van der Waals surface area (Å²) in [5.41, 5.74) is -1.80. The highest BCUT2D eigenvalue weighted by Crippen LogP contribution is 2.08. The zero-order valence-corrected chi connectivity index (χ0v) is 11.6. The molecule has 0 aliphatic rings. The predicted molar refractivity (Wildman–Crippen MR) is 72.8 cm³/mol. The van der Waals surface area contributed by atoms with Gasteiger partial charge in [0, 0.05) is 40.5 Å². The predicted octanol–water partition coefficient (Wildman–Crippen LogP) is -1.85. The van der Waals surface area contributed by atoms with Crippen molar-refractivity contribution in [1.29, 1.82) is 0 Å². The van der Waals surface area contributed by atoms with Crippen LogP contribution in [0.25, 0.3) is 11.3 Å². The Balaban J connectivity index is 2.98. The summed E-state index contributed by atoms with van der Waals surface area (Å²) in [6.45, 7) is 0. The molecule has 0 radical (unpaired) electrons. The van der Waals surface area contributed by atoms with Crippen molar-refractivity contribution in [1.82, 2.24) is 18.3 Å². The molecule has 0 saturated heterocycles. The fraction of sp³-hybridized carbons (Fsp3) is 0.333. The molecule has 0 fully saturated rings. The van der Waals surface area contributed by atoms with Gasteiger partial charge in [-0.25, -0.2) is 9.59 Å². The largest absolute Gasteiger partial charge is 0.330 e. The molecule has 8 nitrogen and oxygen atoms in total. The number of nitrogens with zero attached hydrogens (tertiary/aromatic N) is 4. The van der Waals surface area contributed by atoms with Gasteiger partial charge in [0.25, 0.3) is 11.1 Å². The molecule has 2 aromatic heterocycles. The van der Waals surface area contributed by atoms with E-state index in [9.17, 15) is 19.2 Å². The molecule has 20 heavy (non-hydrogen) atoms. The first-order valence-corrected chi connectivity index (χ1v) is 5.79. The summed E-state index contributed by atoms with van der Waals surface area (Å²) < 4.78 is 4.29. The second kappa shape index (κ2) is 4.48. The zero-order valence-electron chi connectivity index (χ0n) is 11.6. The van der Waals surface area contributed by atoms with Crippen molar-refractivity contribution in [3.63, 3.8) is 0 Å². The Morgan fingerprint density at radius 3 is 2.00 bits per heavy atom. The highest BCUT2D eigenvalue weighted by Gasteiger charge is 2.14. The highest BCUT2D eigenvalue weighted by molar-refractivity contribution is 5.56. The SMILES string of the molecule is Cn1cc(-c2cc(=O)n(C)c(=O)n2C)c(=O)n(C)c1=O. The topological polar surface area (TPSA) is 88.0 Å². The second-order valence-corrected chi connectivity index (χ2v) is 4.57. The van der Waals surface area contributed by atoms with Crippen molar-refractivity contribution in [3.05, 3.63) is 53.9 Å². The molecule has 2 heterocycles. The van der Waals surface area contributed by atoms with Crippen LogP contribution in [0.2, 0.25) is 0 Å².